The van der Waals surface area contributed by atoms with Crippen LogP contribution >= 0.6 is 11.3 Å². The molecule has 2 heterocycles. The van der Waals surface area contributed by atoms with E-state index >= 15 is 0 Å². The van der Waals surface area contributed by atoms with Crippen LogP contribution in [0.3, 0.4) is 0 Å². The summed E-state index contributed by atoms with van der Waals surface area (Å²) < 4.78 is 26.7. The molecule has 2 rings (SSSR count). The lowest BCUT2D eigenvalue weighted by atomic mass is 10.4. The van der Waals surface area contributed by atoms with Gasteiger partial charge in [0, 0.05) is 29.7 Å². The van der Waals surface area contributed by atoms with Crippen LogP contribution in [0.25, 0.3) is 0 Å². The molecule has 2 aromatic heterocycles. The molecule has 0 bridgehead atoms. The fourth-order valence-electron chi connectivity index (χ4n) is 1.79. The summed E-state index contributed by atoms with van der Waals surface area (Å²) in [7, 11) is -3.62. The number of aromatic amines is 1. The van der Waals surface area contributed by atoms with Gasteiger partial charge in [-0.25, -0.2) is 8.42 Å². The van der Waals surface area contributed by atoms with Crippen molar-refractivity contribution < 1.29 is 8.42 Å². The summed E-state index contributed by atoms with van der Waals surface area (Å²) in [5.41, 5.74) is -0.321. The molecule has 0 aliphatic rings. The summed E-state index contributed by atoms with van der Waals surface area (Å²) in [4.78, 5) is 14.5. The van der Waals surface area contributed by atoms with Gasteiger partial charge in [0.15, 0.2) is 0 Å². The molecule has 108 valence electrons. The van der Waals surface area contributed by atoms with Crippen molar-refractivity contribution in [1.82, 2.24) is 9.29 Å². The standard InChI is InChI=1S/C13H16N2O3S2/c1-10(2)15(9-11-4-3-7-19-11)20(17,18)12-5-6-13(16)14-8-12/h3-8,10H,9H2,1-2H3,(H,14,16). The number of hydrogen-bond donors (Lipinski definition) is 1. The Kier molecular flexibility index (Phi) is 4.42. The molecule has 1 N–H and O–H groups in total. The summed E-state index contributed by atoms with van der Waals surface area (Å²) in [5.74, 6) is 0. The summed E-state index contributed by atoms with van der Waals surface area (Å²) in [6.07, 6.45) is 1.24. The van der Waals surface area contributed by atoms with Crippen LogP contribution in [0.4, 0.5) is 0 Å². The van der Waals surface area contributed by atoms with Crippen molar-refractivity contribution in [1.29, 1.82) is 0 Å². The molecule has 0 radical (unpaired) electrons. The zero-order chi connectivity index (χ0) is 14.8. The first-order chi connectivity index (χ1) is 9.41. The molecule has 2 aromatic rings. The van der Waals surface area contributed by atoms with E-state index in [0.29, 0.717) is 6.54 Å². The number of nitrogens with zero attached hydrogens (tertiary/aromatic N) is 1. The number of pyridine rings is 1. The van der Waals surface area contributed by atoms with Crippen molar-refractivity contribution in [3.05, 3.63) is 51.1 Å². The van der Waals surface area contributed by atoms with Gasteiger partial charge in [-0.05, 0) is 31.4 Å². The highest BCUT2D eigenvalue weighted by Crippen LogP contribution is 2.21. The zero-order valence-corrected chi connectivity index (χ0v) is 12.9. The minimum Gasteiger partial charge on any atom is -0.328 e. The molecule has 0 saturated carbocycles. The van der Waals surface area contributed by atoms with Crippen LogP contribution in [0.1, 0.15) is 18.7 Å². The van der Waals surface area contributed by atoms with Gasteiger partial charge in [0.05, 0.1) is 4.90 Å². The molecule has 7 heteroatoms. The fourth-order valence-corrected chi connectivity index (χ4v) is 4.16. The summed E-state index contributed by atoms with van der Waals surface area (Å²) in [6.45, 7) is 3.99. The van der Waals surface area contributed by atoms with Crippen molar-refractivity contribution >= 4 is 21.4 Å². The lowest BCUT2D eigenvalue weighted by Crippen LogP contribution is -2.36. The summed E-state index contributed by atoms with van der Waals surface area (Å²) in [6, 6.07) is 6.18. The molecule has 0 saturated heterocycles. The van der Waals surface area contributed by atoms with Gasteiger partial charge in [-0.15, -0.1) is 11.3 Å². The SMILES string of the molecule is CC(C)N(Cc1cccs1)S(=O)(=O)c1ccc(=O)[nH]c1. The third-order valence-electron chi connectivity index (χ3n) is 2.83. The van der Waals surface area contributed by atoms with Gasteiger partial charge >= 0.3 is 0 Å². The van der Waals surface area contributed by atoms with Crippen molar-refractivity contribution in [3.8, 4) is 0 Å². The largest absolute Gasteiger partial charge is 0.328 e. The predicted molar refractivity (Wildman–Crippen MR) is 79.2 cm³/mol. The molecule has 0 aromatic carbocycles. The molecular formula is C13H16N2O3S2. The maximum absolute atomic E-state index is 12.6. The molecule has 0 amide bonds. The second-order valence-corrected chi connectivity index (χ2v) is 7.53. The van der Waals surface area contributed by atoms with E-state index in [4.69, 9.17) is 0 Å². The molecule has 0 aliphatic heterocycles. The van der Waals surface area contributed by atoms with E-state index in [1.165, 1.54) is 34.0 Å². The third kappa shape index (κ3) is 3.17. The molecule has 0 unspecified atom stereocenters. The van der Waals surface area contributed by atoms with E-state index in [9.17, 15) is 13.2 Å². The second kappa shape index (κ2) is 5.90. The van der Waals surface area contributed by atoms with Gasteiger partial charge in [0.1, 0.15) is 0 Å². The Labute approximate surface area is 121 Å². The first kappa shape index (κ1) is 15.0. The Balaban J connectivity index is 2.37. The van der Waals surface area contributed by atoms with Crippen LogP contribution in [0.15, 0.2) is 45.5 Å². The Bertz CT molecular complexity index is 698. The van der Waals surface area contributed by atoms with Crippen LogP contribution in [-0.2, 0) is 16.6 Å². The molecule has 0 aliphatic carbocycles. The van der Waals surface area contributed by atoms with Gasteiger partial charge in [-0.2, -0.15) is 4.31 Å². The van der Waals surface area contributed by atoms with Crippen molar-refractivity contribution in [2.45, 2.75) is 31.3 Å². The van der Waals surface area contributed by atoms with E-state index < -0.39 is 10.0 Å². The Hall–Kier alpha value is -1.44. The monoisotopic (exact) mass is 312 g/mol. The molecule has 0 atom stereocenters. The predicted octanol–water partition coefficient (Wildman–Crippen LogP) is 2.04. The summed E-state index contributed by atoms with van der Waals surface area (Å²) in [5, 5.41) is 1.92. The smallest absolute Gasteiger partial charge is 0.247 e. The van der Waals surface area contributed by atoms with Crippen LogP contribution in [0, 0.1) is 0 Å². The van der Waals surface area contributed by atoms with Crippen molar-refractivity contribution in [2.75, 3.05) is 0 Å². The Morgan fingerprint density at radius 2 is 2.05 bits per heavy atom. The van der Waals surface area contributed by atoms with Crippen molar-refractivity contribution in [2.24, 2.45) is 0 Å². The molecular weight excluding hydrogens is 296 g/mol. The Morgan fingerprint density at radius 3 is 2.55 bits per heavy atom. The molecule has 0 fully saturated rings. The lowest BCUT2D eigenvalue weighted by Gasteiger charge is -2.25. The lowest BCUT2D eigenvalue weighted by molar-refractivity contribution is 0.350. The number of hydrogen-bond acceptors (Lipinski definition) is 4. The summed E-state index contributed by atoms with van der Waals surface area (Å²) >= 11 is 1.52. The first-order valence-corrected chi connectivity index (χ1v) is 8.46. The average Bonchev–Trinajstić information content (AvgIpc) is 2.89. The van der Waals surface area contributed by atoms with Gasteiger partial charge in [0.25, 0.3) is 0 Å². The topological polar surface area (TPSA) is 70.2 Å². The number of sulfonamides is 1. The second-order valence-electron chi connectivity index (χ2n) is 4.61. The molecule has 0 spiro atoms. The maximum atomic E-state index is 12.6. The number of thiophene rings is 1. The fraction of sp³-hybridized carbons (Fsp3) is 0.308. The van der Waals surface area contributed by atoms with E-state index in [1.807, 2.05) is 31.4 Å². The zero-order valence-electron chi connectivity index (χ0n) is 11.2. The van der Waals surface area contributed by atoms with Gasteiger partial charge < -0.3 is 4.98 Å². The van der Waals surface area contributed by atoms with Gasteiger partial charge in [-0.1, -0.05) is 6.07 Å². The van der Waals surface area contributed by atoms with Crippen LogP contribution in [0.5, 0.6) is 0 Å². The first-order valence-electron chi connectivity index (χ1n) is 6.14. The van der Waals surface area contributed by atoms with E-state index in [2.05, 4.69) is 4.98 Å². The van der Waals surface area contributed by atoms with E-state index in [-0.39, 0.29) is 16.5 Å². The quantitative estimate of drug-likeness (QED) is 0.918. The maximum Gasteiger partial charge on any atom is 0.247 e. The Morgan fingerprint density at radius 1 is 1.30 bits per heavy atom. The number of rotatable bonds is 5. The minimum absolute atomic E-state index is 0.0994. The van der Waals surface area contributed by atoms with Crippen LogP contribution in [0.2, 0.25) is 0 Å². The van der Waals surface area contributed by atoms with Crippen LogP contribution in [-0.4, -0.2) is 23.7 Å². The highest BCUT2D eigenvalue weighted by atomic mass is 32.2. The van der Waals surface area contributed by atoms with Crippen LogP contribution < -0.4 is 5.56 Å². The average molecular weight is 312 g/mol. The van der Waals surface area contributed by atoms with E-state index in [0.717, 1.165) is 4.88 Å². The van der Waals surface area contributed by atoms with Gasteiger partial charge in [0.2, 0.25) is 15.6 Å². The highest BCUT2D eigenvalue weighted by Gasteiger charge is 2.27. The highest BCUT2D eigenvalue weighted by molar-refractivity contribution is 7.89. The number of aromatic nitrogens is 1. The van der Waals surface area contributed by atoms with Gasteiger partial charge in [-0.3, -0.25) is 4.79 Å². The molecule has 5 nitrogen and oxygen atoms in total. The van der Waals surface area contributed by atoms with Crippen molar-refractivity contribution in [3.63, 3.8) is 0 Å². The number of nitrogens with one attached hydrogen (secondary N) is 1. The van der Waals surface area contributed by atoms with E-state index in [1.54, 1.807) is 0 Å². The normalized spacial score (nSPS) is 12.2. The minimum atomic E-state index is -3.62. The number of H-pyrrole nitrogens is 1. The third-order valence-corrected chi connectivity index (χ3v) is 5.71. The molecule has 20 heavy (non-hydrogen) atoms.